The fourth-order valence-corrected chi connectivity index (χ4v) is 7.53. The summed E-state index contributed by atoms with van der Waals surface area (Å²) >= 11 is 14.1. The standard InChI is InChI=1S/C36H33Cl2N3O3S/c1-19(2)23-8-10-24(11-9-23)33-32(35(43)44-6)21(4)39-36-41(33)34(42)31(45-36)17-27-22(5)40(30-14-7-20(3)15-28(27)30)18-25-12-13-26(37)16-29(25)38/h7-17,19,33H,18H2,1-6H3/b31-17-/t33-/m1/s1. The van der Waals surface area contributed by atoms with Crippen molar-refractivity contribution in [1.82, 2.24) is 9.13 Å². The van der Waals surface area contributed by atoms with Crippen molar-refractivity contribution in [2.24, 2.45) is 4.99 Å². The van der Waals surface area contributed by atoms with Crippen LogP contribution < -0.4 is 14.9 Å². The fraction of sp³-hybridized carbons (Fsp3) is 0.250. The summed E-state index contributed by atoms with van der Waals surface area (Å²) in [4.78, 5) is 32.7. The van der Waals surface area contributed by atoms with Crippen molar-refractivity contribution in [3.05, 3.63) is 135 Å². The number of rotatable bonds is 6. The maximum atomic E-state index is 14.3. The Labute approximate surface area is 275 Å². The number of allylic oxidation sites excluding steroid dienone is 1. The van der Waals surface area contributed by atoms with Crippen molar-refractivity contribution in [2.75, 3.05) is 7.11 Å². The Kier molecular flexibility index (Phi) is 8.37. The Morgan fingerprint density at radius 1 is 1.04 bits per heavy atom. The molecule has 0 saturated carbocycles. The van der Waals surface area contributed by atoms with E-state index in [9.17, 15) is 9.59 Å². The number of nitrogens with zero attached hydrogens (tertiary/aromatic N) is 3. The molecule has 3 heterocycles. The van der Waals surface area contributed by atoms with E-state index in [1.54, 1.807) is 17.6 Å². The number of fused-ring (bicyclic) bond motifs is 2. The highest BCUT2D eigenvalue weighted by molar-refractivity contribution is 7.07. The van der Waals surface area contributed by atoms with Crippen molar-refractivity contribution >= 4 is 57.5 Å². The molecule has 0 saturated heterocycles. The Hall–Kier alpha value is -3.91. The topological polar surface area (TPSA) is 65.6 Å². The third-order valence-corrected chi connectivity index (χ3v) is 10.1. The molecule has 0 bridgehead atoms. The van der Waals surface area contributed by atoms with Crippen LogP contribution in [-0.2, 0) is 16.1 Å². The first-order chi connectivity index (χ1) is 21.5. The number of thiazole rings is 1. The minimum Gasteiger partial charge on any atom is -0.466 e. The first-order valence-electron chi connectivity index (χ1n) is 14.7. The fourth-order valence-electron chi connectivity index (χ4n) is 6.03. The minimum atomic E-state index is -0.659. The van der Waals surface area contributed by atoms with Crippen molar-refractivity contribution in [2.45, 2.75) is 53.1 Å². The van der Waals surface area contributed by atoms with E-state index in [4.69, 9.17) is 32.9 Å². The normalized spacial score (nSPS) is 15.1. The second kappa shape index (κ2) is 12.1. The van der Waals surface area contributed by atoms with Gasteiger partial charge in [-0.25, -0.2) is 9.79 Å². The van der Waals surface area contributed by atoms with Crippen LogP contribution in [0.1, 0.15) is 66.2 Å². The number of carbonyl (C=O) groups is 1. The maximum Gasteiger partial charge on any atom is 0.338 e. The van der Waals surface area contributed by atoms with Gasteiger partial charge in [-0.2, -0.15) is 0 Å². The molecule has 3 aromatic carbocycles. The van der Waals surface area contributed by atoms with Gasteiger partial charge in [-0.05, 0) is 73.7 Å². The van der Waals surface area contributed by atoms with Crippen molar-refractivity contribution < 1.29 is 9.53 Å². The van der Waals surface area contributed by atoms with Crippen molar-refractivity contribution in [3.8, 4) is 0 Å². The quantitative estimate of drug-likeness (QED) is 0.178. The maximum absolute atomic E-state index is 14.3. The molecule has 0 radical (unpaired) electrons. The lowest BCUT2D eigenvalue weighted by Crippen LogP contribution is -2.39. The van der Waals surface area contributed by atoms with Crippen LogP contribution in [0.5, 0.6) is 0 Å². The third kappa shape index (κ3) is 5.58. The van der Waals surface area contributed by atoms with Crippen LogP contribution in [0.15, 0.2) is 81.7 Å². The molecule has 0 fully saturated rings. The van der Waals surface area contributed by atoms with Crippen LogP contribution in [0.3, 0.4) is 0 Å². The van der Waals surface area contributed by atoms with Gasteiger partial charge < -0.3 is 9.30 Å². The SMILES string of the molecule is COC(=O)C1=C(C)N=c2s/c(=C\c3c(C)n(Cc4ccc(Cl)cc4Cl)c4ccc(C)cc34)c(=O)n2[C@@H]1c1ccc(C(C)C)cc1. The summed E-state index contributed by atoms with van der Waals surface area (Å²) in [5, 5.41) is 2.23. The lowest BCUT2D eigenvalue weighted by atomic mass is 9.93. The zero-order chi connectivity index (χ0) is 32.2. The van der Waals surface area contributed by atoms with Gasteiger partial charge in [0.2, 0.25) is 0 Å². The number of aromatic nitrogens is 2. The third-order valence-electron chi connectivity index (χ3n) is 8.49. The number of hydrogen-bond donors (Lipinski definition) is 0. The van der Waals surface area contributed by atoms with E-state index in [1.807, 2.05) is 42.5 Å². The van der Waals surface area contributed by atoms with Crippen LogP contribution in [0.4, 0.5) is 0 Å². The highest BCUT2D eigenvalue weighted by Crippen LogP contribution is 2.33. The largest absolute Gasteiger partial charge is 0.466 e. The predicted molar refractivity (Wildman–Crippen MR) is 183 cm³/mol. The van der Waals surface area contributed by atoms with E-state index in [0.717, 1.165) is 38.9 Å². The average Bonchev–Trinajstić information content (AvgIpc) is 3.45. The minimum absolute atomic E-state index is 0.209. The van der Waals surface area contributed by atoms with Gasteiger partial charge in [0.05, 0.1) is 29.0 Å². The summed E-state index contributed by atoms with van der Waals surface area (Å²) in [5.41, 5.74) is 7.73. The zero-order valence-corrected chi connectivity index (χ0v) is 28.3. The second-order valence-electron chi connectivity index (χ2n) is 11.7. The molecule has 5 aromatic rings. The van der Waals surface area contributed by atoms with Crippen LogP contribution >= 0.6 is 34.5 Å². The van der Waals surface area contributed by atoms with E-state index < -0.39 is 12.0 Å². The van der Waals surface area contributed by atoms with E-state index in [0.29, 0.717) is 43.1 Å². The van der Waals surface area contributed by atoms with E-state index in [1.165, 1.54) is 24.0 Å². The molecule has 1 atom stereocenters. The summed E-state index contributed by atoms with van der Waals surface area (Å²) in [5.74, 6) is -0.151. The molecule has 9 heteroatoms. The summed E-state index contributed by atoms with van der Waals surface area (Å²) in [6, 6.07) is 19.3. The molecular formula is C36H33Cl2N3O3S. The van der Waals surface area contributed by atoms with E-state index in [2.05, 4.69) is 50.5 Å². The number of carbonyl (C=O) groups excluding carboxylic acids is 1. The second-order valence-corrected chi connectivity index (χ2v) is 13.6. The molecule has 2 aromatic heterocycles. The number of hydrogen-bond acceptors (Lipinski definition) is 5. The average molecular weight is 659 g/mol. The lowest BCUT2D eigenvalue weighted by Gasteiger charge is -2.24. The van der Waals surface area contributed by atoms with Crippen LogP contribution in [0.2, 0.25) is 10.0 Å². The van der Waals surface area contributed by atoms with Crippen molar-refractivity contribution in [3.63, 3.8) is 0 Å². The van der Waals surface area contributed by atoms with Gasteiger partial charge >= 0.3 is 5.97 Å². The zero-order valence-electron chi connectivity index (χ0n) is 25.9. The highest BCUT2D eigenvalue weighted by atomic mass is 35.5. The summed E-state index contributed by atoms with van der Waals surface area (Å²) in [6.07, 6.45) is 1.96. The van der Waals surface area contributed by atoms with Crippen LogP contribution in [-0.4, -0.2) is 22.2 Å². The van der Waals surface area contributed by atoms with Gasteiger partial charge in [-0.15, -0.1) is 0 Å². The van der Waals surface area contributed by atoms with Gasteiger partial charge in [0.15, 0.2) is 4.80 Å². The Bertz CT molecular complexity index is 2200. The number of halogens is 2. The molecule has 6 nitrogen and oxygen atoms in total. The number of esters is 1. The van der Waals surface area contributed by atoms with Crippen LogP contribution in [0, 0.1) is 13.8 Å². The summed E-state index contributed by atoms with van der Waals surface area (Å²) in [7, 11) is 1.35. The Balaban J connectivity index is 1.55. The van der Waals surface area contributed by atoms with Crippen LogP contribution in [0.25, 0.3) is 17.0 Å². The number of methoxy groups -OCH3 is 1. The molecule has 0 spiro atoms. The van der Waals surface area contributed by atoms with E-state index >= 15 is 0 Å². The highest BCUT2D eigenvalue weighted by Gasteiger charge is 2.33. The van der Waals surface area contributed by atoms with Gasteiger partial charge in [0.1, 0.15) is 0 Å². The molecule has 45 heavy (non-hydrogen) atoms. The molecule has 0 aliphatic carbocycles. The molecule has 6 rings (SSSR count). The van der Waals surface area contributed by atoms with E-state index in [-0.39, 0.29) is 5.56 Å². The smallest absolute Gasteiger partial charge is 0.338 e. The van der Waals surface area contributed by atoms with Gasteiger partial charge in [-0.3, -0.25) is 9.36 Å². The first-order valence-corrected chi connectivity index (χ1v) is 16.3. The number of ether oxygens (including phenoxy) is 1. The summed E-state index contributed by atoms with van der Waals surface area (Å²) in [6.45, 7) is 10.7. The van der Waals surface area contributed by atoms with Gasteiger partial charge in [0, 0.05) is 38.8 Å². The molecule has 1 aliphatic rings. The van der Waals surface area contributed by atoms with Gasteiger partial charge in [0.25, 0.3) is 5.56 Å². The van der Waals surface area contributed by atoms with Gasteiger partial charge in [-0.1, -0.05) is 90.3 Å². The summed E-state index contributed by atoms with van der Waals surface area (Å²) < 4.78 is 9.55. The Morgan fingerprint density at radius 3 is 2.44 bits per heavy atom. The molecular weight excluding hydrogens is 625 g/mol. The van der Waals surface area contributed by atoms with Crippen molar-refractivity contribution in [1.29, 1.82) is 0 Å². The monoisotopic (exact) mass is 657 g/mol. The molecule has 0 unspecified atom stereocenters. The first kappa shape index (κ1) is 31.1. The molecule has 0 amide bonds. The molecule has 0 N–H and O–H groups in total. The molecule has 230 valence electrons. The Morgan fingerprint density at radius 2 is 1.78 bits per heavy atom. The lowest BCUT2D eigenvalue weighted by molar-refractivity contribution is -0.136. The molecule has 1 aliphatic heterocycles. The predicted octanol–water partition coefficient (Wildman–Crippen LogP) is 7.46. The number of benzene rings is 3. The number of aryl methyl sites for hydroxylation is 1.